The largest absolute Gasteiger partial charge is 0.305 e. The van der Waals surface area contributed by atoms with Crippen LogP contribution < -0.4 is 11.0 Å². The SMILES string of the molecule is CCC(ONCCCC(C)NOC)C(C)C. The van der Waals surface area contributed by atoms with Crippen LogP contribution in [-0.2, 0) is 9.68 Å². The van der Waals surface area contributed by atoms with E-state index in [1.54, 1.807) is 7.11 Å². The fraction of sp³-hybridized carbons (Fsp3) is 1.00. The predicted octanol–water partition coefficient (Wildman–Crippen LogP) is 2.26. The van der Waals surface area contributed by atoms with E-state index < -0.39 is 0 Å². The van der Waals surface area contributed by atoms with Gasteiger partial charge in [0.1, 0.15) is 0 Å². The first kappa shape index (κ1) is 15.8. The van der Waals surface area contributed by atoms with Gasteiger partial charge in [-0.25, -0.2) is 11.0 Å². The molecule has 2 unspecified atom stereocenters. The Morgan fingerprint density at radius 2 is 1.88 bits per heavy atom. The van der Waals surface area contributed by atoms with Crippen molar-refractivity contribution in [3.05, 3.63) is 0 Å². The van der Waals surface area contributed by atoms with Crippen LogP contribution in [0.3, 0.4) is 0 Å². The molecule has 0 aliphatic carbocycles. The second-order valence-electron chi connectivity index (χ2n) is 4.57. The molecule has 98 valence electrons. The molecule has 0 bridgehead atoms. The van der Waals surface area contributed by atoms with Gasteiger partial charge in [-0.15, -0.1) is 0 Å². The van der Waals surface area contributed by atoms with E-state index in [2.05, 4.69) is 38.7 Å². The van der Waals surface area contributed by atoms with Gasteiger partial charge in [-0.1, -0.05) is 20.8 Å². The average Bonchev–Trinajstić information content (AvgIpc) is 2.23. The molecular formula is C12H28N2O2. The van der Waals surface area contributed by atoms with Gasteiger partial charge in [0.25, 0.3) is 0 Å². The summed E-state index contributed by atoms with van der Waals surface area (Å²) in [5, 5.41) is 0. The fourth-order valence-corrected chi connectivity index (χ4v) is 1.60. The zero-order valence-electron chi connectivity index (χ0n) is 11.4. The molecule has 0 aromatic heterocycles. The van der Waals surface area contributed by atoms with Gasteiger partial charge in [0, 0.05) is 12.6 Å². The lowest BCUT2D eigenvalue weighted by atomic mass is 10.1. The molecule has 0 fully saturated rings. The molecule has 2 N–H and O–H groups in total. The Balaban J connectivity index is 3.38. The van der Waals surface area contributed by atoms with Crippen LogP contribution in [0.5, 0.6) is 0 Å². The van der Waals surface area contributed by atoms with E-state index in [1.807, 2.05) is 0 Å². The first-order chi connectivity index (χ1) is 7.61. The third kappa shape index (κ3) is 8.05. The summed E-state index contributed by atoms with van der Waals surface area (Å²) in [6.45, 7) is 9.50. The van der Waals surface area contributed by atoms with Crippen LogP contribution in [0.2, 0.25) is 0 Å². The van der Waals surface area contributed by atoms with Crippen LogP contribution in [0.4, 0.5) is 0 Å². The summed E-state index contributed by atoms with van der Waals surface area (Å²) in [5.41, 5.74) is 5.95. The number of hydrogen-bond acceptors (Lipinski definition) is 4. The third-order valence-electron chi connectivity index (χ3n) is 2.62. The normalized spacial score (nSPS) is 15.4. The lowest BCUT2D eigenvalue weighted by Crippen LogP contribution is -2.30. The van der Waals surface area contributed by atoms with Gasteiger partial charge in [-0.05, 0) is 32.1 Å². The van der Waals surface area contributed by atoms with Gasteiger partial charge in [0.2, 0.25) is 0 Å². The van der Waals surface area contributed by atoms with Crippen molar-refractivity contribution in [1.29, 1.82) is 0 Å². The standard InChI is InChI=1S/C12H28N2O2/c1-6-12(10(2)3)16-13-9-7-8-11(4)14-15-5/h10-14H,6-9H2,1-5H3. The highest BCUT2D eigenvalue weighted by Crippen LogP contribution is 2.08. The summed E-state index contributed by atoms with van der Waals surface area (Å²) in [6, 6.07) is 0.388. The molecule has 2 atom stereocenters. The topological polar surface area (TPSA) is 42.5 Å². The lowest BCUT2D eigenvalue weighted by molar-refractivity contribution is -0.0502. The van der Waals surface area contributed by atoms with Crippen molar-refractivity contribution in [2.75, 3.05) is 13.7 Å². The van der Waals surface area contributed by atoms with Crippen LogP contribution in [0.15, 0.2) is 0 Å². The Labute approximate surface area is 100.0 Å². The highest BCUT2D eigenvalue weighted by atomic mass is 16.7. The maximum Gasteiger partial charge on any atom is 0.0810 e. The maximum absolute atomic E-state index is 5.59. The number of hydrogen-bond donors (Lipinski definition) is 2. The van der Waals surface area contributed by atoms with Crippen LogP contribution >= 0.6 is 0 Å². The van der Waals surface area contributed by atoms with E-state index in [-0.39, 0.29) is 0 Å². The summed E-state index contributed by atoms with van der Waals surface area (Å²) in [5.74, 6) is 0.562. The van der Waals surface area contributed by atoms with Gasteiger partial charge in [0.15, 0.2) is 0 Å². The zero-order valence-corrected chi connectivity index (χ0v) is 11.4. The van der Waals surface area contributed by atoms with Crippen LogP contribution in [0, 0.1) is 5.92 Å². The van der Waals surface area contributed by atoms with Crippen molar-refractivity contribution in [3.8, 4) is 0 Å². The van der Waals surface area contributed by atoms with Crippen molar-refractivity contribution < 1.29 is 9.68 Å². The molecular weight excluding hydrogens is 204 g/mol. The Morgan fingerprint density at radius 3 is 2.38 bits per heavy atom. The third-order valence-corrected chi connectivity index (χ3v) is 2.62. The lowest BCUT2D eigenvalue weighted by Gasteiger charge is -2.20. The van der Waals surface area contributed by atoms with Gasteiger partial charge >= 0.3 is 0 Å². The van der Waals surface area contributed by atoms with E-state index >= 15 is 0 Å². The van der Waals surface area contributed by atoms with Gasteiger partial charge in [-0.3, -0.25) is 4.84 Å². The minimum absolute atomic E-state index is 0.314. The molecule has 0 saturated heterocycles. The van der Waals surface area contributed by atoms with Crippen molar-refractivity contribution in [2.45, 2.75) is 59.1 Å². The average molecular weight is 232 g/mol. The maximum atomic E-state index is 5.59. The number of hydroxylamine groups is 2. The van der Waals surface area contributed by atoms with Crippen LogP contribution in [0.25, 0.3) is 0 Å². The highest BCUT2D eigenvalue weighted by Gasteiger charge is 2.10. The molecule has 0 aliphatic rings. The Morgan fingerprint density at radius 1 is 1.19 bits per heavy atom. The summed E-state index contributed by atoms with van der Waals surface area (Å²) in [4.78, 5) is 10.4. The van der Waals surface area contributed by atoms with Crippen LogP contribution in [-0.4, -0.2) is 25.8 Å². The van der Waals surface area contributed by atoms with Crippen molar-refractivity contribution >= 4 is 0 Å². The molecule has 0 rings (SSSR count). The van der Waals surface area contributed by atoms with Crippen molar-refractivity contribution in [2.24, 2.45) is 5.92 Å². The quantitative estimate of drug-likeness (QED) is 0.448. The molecule has 0 aliphatic heterocycles. The molecule has 4 heteroatoms. The predicted molar refractivity (Wildman–Crippen MR) is 66.8 cm³/mol. The molecule has 0 radical (unpaired) electrons. The molecule has 0 spiro atoms. The smallest absolute Gasteiger partial charge is 0.0810 e. The highest BCUT2D eigenvalue weighted by molar-refractivity contribution is 4.59. The van der Waals surface area contributed by atoms with Gasteiger partial charge < -0.3 is 4.84 Å². The van der Waals surface area contributed by atoms with E-state index in [0.717, 1.165) is 25.8 Å². The zero-order chi connectivity index (χ0) is 12.4. The Hall–Kier alpha value is -0.160. The summed E-state index contributed by atoms with van der Waals surface area (Å²) in [6.07, 6.45) is 3.51. The van der Waals surface area contributed by atoms with Gasteiger partial charge in [-0.2, -0.15) is 0 Å². The first-order valence-electron chi connectivity index (χ1n) is 6.28. The molecule has 16 heavy (non-hydrogen) atoms. The van der Waals surface area contributed by atoms with Gasteiger partial charge in [0.05, 0.1) is 13.2 Å². The minimum Gasteiger partial charge on any atom is -0.305 e. The minimum atomic E-state index is 0.314. The molecule has 0 aromatic rings. The summed E-state index contributed by atoms with van der Waals surface area (Å²) < 4.78 is 0. The molecule has 0 saturated carbocycles. The Bertz CT molecular complexity index is 154. The van der Waals surface area contributed by atoms with E-state index in [0.29, 0.717) is 18.1 Å². The summed E-state index contributed by atoms with van der Waals surface area (Å²) in [7, 11) is 1.65. The van der Waals surface area contributed by atoms with Crippen LogP contribution in [0.1, 0.15) is 47.0 Å². The van der Waals surface area contributed by atoms with Crippen molar-refractivity contribution in [1.82, 2.24) is 11.0 Å². The molecule has 0 amide bonds. The molecule has 0 aromatic carbocycles. The number of nitrogens with one attached hydrogen (secondary N) is 2. The number of rotatable bonds is 10. The first-order valence-corrected chi connectivity index (χ1v) is 6.28. The van der Waals surface area contributed by atoms with Crippen molar-refractivity contribution in [3.63, 3.8) is 0 Å². The second-order valence-corrected chi connectivity index (χ2v) is 4.57. The fourth-order valence-electron chi connectivity index (χ4n) is 1.60. The Kier molecular flexibility index (Phi) is 9.92. The second kappa shape index (κ2) is 10.0. The molecule has 4 nitrogen and oxygen atoms in total. The summed E-state index contributed by atoms with van der Waals surface area (Å²) >= 11 is 0. The van der Waals surface area contributed by atoms with E-state index in [1.165, 1.54) is 0 Å². The van der Waals surface area contributed by atoms with E-state index in [9.17, 15) is 0 Å². The molecule has 0 heterocycles. The monoisotopic (exact) mass is 232 g/mol. The van der Waals surface area contributed by atoms with E-state index in [4.69, 9.17) is 9.68 Å².